The summed E-state index contributed by atoms with van der Waals surface area (Å²) in [5.74, 6) is 0.719. The van der Waals surface area contributed by atoms with Crippen molar-refractivity contribution in [2.24, 2.45) is 10.8 Å². The maximum Gasteiger partial charge on any atom is 0.184 e. The van der Waals surface area contributed by atoms with Crippen LogP contribution >= 0.6 is 12.2 Å². The van der Waals surface area contributed by atoms with Crippen LogP contribution in [0.5, 0.6) is 5.75 Å². The van der Waals surface area contributed by atoms with E-state index < -0.39 is 0 Å². The molecule has 0 fully saturated rings. The number of nitriles is 1. The molecule has 0 aliphatic carbocycles. The van der Waals surface area contributed by atoms with Crippen LogP contribution in [-0.4, -0.2) is 10.8 Å². The van der Waals surface area contributed by atoms with E-state index in [9.17, 15) is 0 Å². The Morgan fingerprint density at radius 1 is 1.26 bits per heavy atom. The molecular weight excluding hydrogens is 308 g/mol. The lowest BCUT2D eigenvalue weighted by Gasteiger charge is -2.08. The largest absolute Gasteiger partial charge is 0.489 e. The first-order valence-electron chi connectivity index (χ1n) is 6.91. The predicted molar refractivity (Wildman–Crippen MR) is 94.1 cm³/mol. The van der Waals surface area contributed by atoms with E-state index in [1.165, 1.54) is 0 Å². The van der Waals surface area contributed by atoms with Crippen LogP contribution in [0.1, 0.15) is 23.6 Å². The van der Waals surface area contributed by atoms with Gasteiger partial charge in [0.1, 0.15) is 12.4 Å². The van der Waals surface area contributed by atoms with Gasteiger partial charge in [-0.25, -0.2) is 0 Å². The standard InChI is InChI=1S/C17H16N4OS/c1-12(20-21-17(19)23)13-6-8-16(9-7-13)22-11-15-5-3-2-4-14(15)10-18/h2-9H,11H2,1H3,(H3,19,21,23)/b20-12+. The van der Waals surface area contributed by atoms with Crippen LogP contribution in [0.25, 0.3) is 0 Å². The molecule has 0 bridgehead atoms. The second-order valence-corrected chi connectivity index (χ2v) is 5.20. The van der Waals surface area contributed by atoms with Crippen molar-refractivity contribution in [2.75, 3.05) is 0 Å². The first kappa shape index (κ1) is 16.5. The Morgan fingerprint density at radius 3 is 2.61 bits per heavy atom. The highest BCUT2D eigenvalue weighted by Gasteiger charge is 2.03. The van der Waals surface area contributed by atoms with Gasteiger partial charge in [-0.1, -0.05) is 18.2 Å². The molecule has 6 heteroatoms. The van der Waals surface area contributed by atoms with Crippen LogP contribution < -0.4 is 15.9 Å². The third-order valence-corrected chi connectivity index (χ3v) is 3.23. The van der Waals surface area contributed by atoms with E-state index in [2.05, 4.69) is 16.6 Å². The summed E-state index contributed by atoms with van der Waals surface area (Å²) in [6.45, 7) is 2.20. The number of nitrogens with one attached hydrogen (secondary N) is 1. The van der Waals surface area contributed by atoms with Crippen LogP contribution in [0.2, 0.25) is 0 Å². The van der Waals surface area contributed by atoms with Gasteiger partial charge in [0, 0.05) is 5.56 Å². The molecule has 0 saturated heterocycles. The van der Waals surface area contributed by atoms with Crippen molar-refractivity contribution < 1.29 is 4.74 Å². The zero-order chi connectivity index (χ0) is 16.7. The first-order valence-corrected chi connectivity index (χ1v) is 7.32. The summed E-state index contributed by atoms with van der Waals surface area (Å²) < 4.78 is 5.72. The molecule has 0 atom stereocenters. The van der Waals surface area contributed by atoms with Crippen molar-refractivity contribution in [3.63, 3.8) is 0 Å². The molecule has 0 aliphatic rings. The van der Waals surface area contributed by atoms with E-state index >= 15 is 0 Å². The zero-order valence-corrected chi connectivity index (χ0v) is 13.4. The summed E-state index contributed by atoms with van der Waals surface area (Å²) in [5, 5.41) is 13.2. The molecule has 0 aromatic heterocycles. The topological polar surface area (TPSA) is 83.4 Å². The molecule has 3 N–H and O–H groups in total. The monoisotopic (exact) mass is 324 g/mol. The van der Waals surface area contributed by atoms with E-state index in [0.29, 0.717) is 12.2 Å². The number of thiocarbonyl (C=S) groups is 1. The fourth-order valence-electron chi connectivity index (χ4n) is 1.91. The van der Waals surface area contributed by atoms with Crippen LogP contribution in [0, 0.1) is 11.3 Å². The molecule has 0 heterocycles. The van der Waals surface area contributed by atoms with Gasteiger partial charge in [-0.05, 0) is 55.0 Å². The van der Waals surface area contributed by atoms with Gasteiger partial charge < -0.3 is 10.5 Å². The smallest absolute Gasteiger partial charge is 0.184 e. The number of hydrazone groups is 1. The summed E-state index contributed by atoms with van der Waals surface area (Å²) in [7, 11) is 0. The van der Waals surface area contributed by atoms with E-state index in [1.807, 2.05) is 49.4 Å². The van der Waals surface area contributed by atoms with Crippen LogP contribution in [0.15, 0.2) is 53.6 Å². The number of nitrogens with two attached hydrogens (primary N) is 1. The third-order valence-electron chi connectivity index (χ3n) is 3.14. The van der Waals surface area contributed by atoms with Gasteiger partial charge in [-0.15, -0.1) is 0 Å². The van der Waals surface area contributed by atoms with Crippen molar-refractivity contribution in [2.45, 2.75) is 13.5 Å². The molecule has 5 nitrogen and oxygen atoms in total. The average molecular weight is 324 g/mol. The number of benzene rings is 2. The third kappa shape index (κ3) is 4.80. The molecule has 116 valence electrons. The maximum absolute atomic E-state index is 9.06. The Balaban J connectivity index is 2.02. The molecule has 2 aromatic rings. The van der Waals surface area contributed by atoms with Crippen LogP contribution in [-0.2, 0) is 6.61 Å². The second kappa shape index (κ2) is 7.92. The van der Waals surface area contributed by atoms with Gasteiger partial charge in [0.2, 0.25) is 0 Å². The molecule has 0 amide bonds. The minimum atomic E-state index is 0.125. The SMILES string of the molecule is C/C(=N\NC(N)=S)c1ccc(OCc2ccccc2C#N)cc1. The summed E-state index contributed by atoms with van der Waals surface area (Å²) in [6.07, 6.45) is 0. The predicted octanol–water partition coefficient (Wildman–Crippen LogP) is 2.69. The van der Waals surface area contributed by atoms with Crippen molar-refractivity contribution in [3.05, 3.63) is 65.2 Å². The first-order chi connectivity index (χ1) is 11.1. The van der Waals surface area contributed by atoms with E-state index in [1.54, 1.807) is 6.07 Å². The maximum atomic E-state index is 9.06. The van der Waals surface area contributed by atoms with Crippen LogP contribution in [0.3, 0.4) is 0 Å². The molecule has 23 heavy (non-hydrogen) atoms. The lowest BCUT2D eigenvalue weighted by molar-refractivity contribution is 0.306. The van der Waals surface area contributed by atoms with E-state index in [4.69, 9.17) is 28.0 Å². The summed E-state index contributed by atoms with van der Waals surface area (Å²) in [6, 6.07) is 17.0. The normalized spacial score (nSPS) is 10.7. The molecule has 0 saturated carbocycles. The number of rotatable bonds is 5. The highest BCUT2D eigenvalue weighted by molar-refractivity contribution is 7.80. The summed E-state index contributed by atoms with van der Waals surface area (Å²) >= 11 is 4.70. The number of ether oxygens (including phenoxy) is 1. The van der Waals surface area contributed by atoms with Crippen molar-refractivity contribution >= 4 is 23.0 Å². The Kier molecular flexibility index (Phi) is 5.67. The number of hydrogen-bond acceptors (Lipinski definition) is 4. The Morgan fingerprint density at radius 2 is 1.96 bits per heavy atom. The Bertz CT molecular complexity index is 763. The van der Waals surface area contributed by atoms with Gasteiger partial charge in [0.05, 0.1) is 17.3 Å². The van der Waals surface area contributed by atoms with Gasteiger partial charge >= 0.3 is 0 Å². The lowest BCUT2D eigenvalue weighted by Crippen LogP contribution is -2.25. The highest BCUT2D eigenvalue weighted by atomic mass is 32.1. The average Bonchev–Trinajstić information content (AvgIpc) is 2.58. The summed E-state index contributed by atoms with van der Waals surface area (Å²) in [4.78, 5) is 0. The number of nitrogens with zero attached hydrogens (tertiary/aromatic N) is 2. The minimum absolute atomic E-state index is 0.125. The van der Waals surface area contributed by atoms with Crippen molar-refractivity contribution in [1.82, 2.24) is 5.43 Å². The molecule has 2 aromatic carbocycles. The van der Waals surface area contributed by atoms with Crippen molar-refractivity contribution in [1.29, 1.82) is 5.26 Å². The van der Waals surface area contributed by atoms with E-state index in [-0.39, 0.29) is 5.11 Å². The second-order valence-electron chi connectivity index (χ2n) is 4.76. The van der Waals surface area contributed by atoms with E-state index in [0.717, 1.165) is 22.6 Å². The van der Waals surface area contributed by atoms with Gasteiger partial charge in [0.15, 0.2) is 5.11 Å². The summed E-state index contributed by atoms with van der Waals surface area (Å²) in [5.41, 5.74) is 11.1. The van der Waals surface area contributed by atoms with Gasteiger partial charge in [-0.2, -0.15) is 10.4 Å². The van der Waals surface area contributed by atoms with Crippen molar-refractivity contribution in [3.8, 4) is 11.8 Å². The van der Waals surface area contributed by atoms with Gasteiger partial charge in [-0.3, -0.25) is 5.43 Å². The fourth-order valence-corrected chi connectivity index (χ4v) is 1.96. The molecule has 0 unspecified atom stereocenters. The lowest BCUT2D eigenvalue weighted by atomic mass is 10.1. The molecule has 0 spiro atoms. The molecule has 2 rings (SSSR count). The number of hydrogen-bond donors (Lipinski definition) is 2. The molecule has 0 radical (unpaired) electrons. The molecular formula is C17H16N4OS. The Hall–Kier alpha value is -2.91. The minimum Gasteiger partial charge on any atom is -0.489 e. The highest BCUT2D eigenvalue weighted by Crippen LogP contribution is 2.16. The van der Waals surface area contributed by atoms with Gasteiger partial charge in [0.25, 0.3) is 0 Å². The Labute approximate surface area is 140 Å². The molecule has 0 aliphatic heterocycles. The fraction of sp³-hybridized carbons (Fsp3) is 0.118. The quantitative estimate of drug-likeness (QED) is 0.502. The zero-order valence-electron chi connectivity index (χ0n) is 12.6. The van der Waals surface area contributed by atoms with Crippen LogP contribution in [0.4, 0.5) is 0 Å².